The molecular weight excluding hydrogens is 312 g/mol. The number of amidine groups is 1. The van der Waals surface area contributed by atoms with Gasteiger partial charge < -0.3 is 25.1 Å². The summed E-state index contributed by atoms with van der Waals surface area (Å²) in [6, 6.07) is 1.93. The Balaban J connectivity index is 2.54. The molecule has 0 radical (unpaired) electrons. The lowest BCUT2D eigenvalue weighted by Gasteiger charge is -2.17. The summed E-state index contributed by atoms with van der Waals surface area (Å²) in [6.45, 7) is 1.72. The van der Waals surface area contributed by atoms with Crippen LogP contribution in [0.4, 0.5) is 8.78 Å². The maximum Gasteiger partial charge on any atom is 0.186 e. The number of nitriles is 1. The van der Waals surface area contributed by atoms with E-state index in [0.717, 1.165) is 6.07 Å². The lowest BCUT2D eigenvalue weighted by Crippen LogP contribution is -2.36. The third-order valence-corrected chi connectivity index (χ3v) is 3.23. The monoisotopic (exact) mass is 327 g/mol. The van der Waals surface area contributed by atoms with Crippen LogP contribution in [0, 0.1) is 23.0 Å². The fourth-order valence-electron chi connectivity index (χ4n) is 2.08. The molecule has 3 N–H and O–H groups in total. The second kappa shape index (κ2) is 7.32. The predicted octanol–water partition coefficient (Wildman–Crippen LogP) is 0.988. The average molecular weight is 327 g/mol. The Morgan fingerprint density at radius 3 is 2.65 bits per heavy atom. The van der Waals surface area contributed by atoms with Crippen LogP contribution in [-0.4, -0.2) is 42.0 Å². The number of oxime groups is 1. The summed E-state index contributed by atoms with van der Waals surface area (Å²) in [5, 5.41) is 32.6. The van der Waals surface area contributed by atoms with Crippen molar-refractivity contribution in [2.24, 2.45) is 5.16 Å². The molecule has 1 aromatic rings. The standard InChI is InChI=1S/C14H15F2N3O4/c1-7(6-20)18-13(19-21)8-4-9(14-22-2-3-23-14)12(16)10(5-17)11(8)15/h4,7,14,20-21H,2-3,6H2,1H3,(H,18,19)/t7-/m0/s1. The van der Waals surface area contributed by atoms with Gasteiger partial charge in [0.15, 0.2) is 23.8 Å². The zero-order valence-corrected chi connectivity index (χ0v) is 12.2. The lowest BCUT2D eigenvalue weighted by molar-refractivity contribution is -0.0465. The molecule has 1 heterocycles. The van der Waals surface area contributed by atoms with Crippen LogP contribution in [0.3, 0.4) is 0 Å². The maximum absolute atomic E-state index is 14.4. The molecule has 0 unspecified atom stereocenters. The van der Waals surface area contributed by atoms with E-state index in [1.807, 2.05) is 0 Å². The molecule has 0 aliphatic carbocycles. The molecule has 0 aromatic heterocycles. The Kier molecular flexibility index (Phi) is 5.44. The summed E-state index contributed by atoms with van der Waals surface area (Å²) in [5.41, 5.74) is -1.34. The van der Waals surface area contributed by atoms with Gasteiger partial charge >= 0.3 is 0 Å². The van der Waals surface area contributed by atoms with Crippen LogP contribution in [0.1, 0.15) is 29.9 Å². The van der Waals surface area contributed by atoms with E-state index in [9.17, 15) is 8.78 Å². The third-order valence-electron chi connectivity index (χ3n) is 3.23. The quantitative estimate of drug-likeness (QED) is 0.329. The van der Waals surface area contributed by atoms with Gasteiger partial charge in [0.25, 0.3) is 0 Å². The van der Waals surface area contributed by atoms with Crippen molar-refractivity contribution < 1.29 is 28.6 Å². The summed E-state index contributed by atoms with van der Waals surface area (Å²) in [7, 11) is 0. The largest absolute Gasteiger partial charge is 0.409 e. The number of nitrogens with one attached hydrogen (secondary N) is 1. The molecule has 1 atom stereocenters. The highest BCUT2D eigenvalue weighted by Gasteiger charge is 2.29. The molecule has 23 heavy (non-hydrogen) atoms. The fraction of sp³-hybridized carbons (Fsp3) is 0.429. The first-order chi connectivity index (χ1) is 11.0. The van der Waals surface area contributed by atoms with Gasteiger partial charge in [0.05, 0.1) is 25.4 Å². The number of ether oxygens (including phenoxy) is 2. The summed E-state index contributed by atoms with van der Waals surface area (Å²) >= 11 is 0. The minimum absolute atomic E-state index is 0.171. The van der Waals surface area contributed by atoms with Crippen LogP contribution < -0.4 is 5.32 Å². The van der Waals surface area contributed by atoms with Crippen LogP contribution >= 0.6 is 0 Å². The predicted molar refractivity (Wildman–Crippen MR) is 73.7 cm³/mol. The van der Waals surface area contributed by atoms with Crippen molar-refractivity contribution in [2.75, 3.05) is 19.8 Å². The maximum atomic E-state index is 14.4. The number of hydrogen-bond donors (Lipinski definition) is 3. The summed E-state index contributed by atoms with van der Waals surface area (Å²) in [5.74, 6) is -2.62. The zero-order valence-electron chi connectivity index (χ0n) is 12.2. The van der Waals surface area contributed by atoms with Crippen molar-refractivity contribution in [1.82, 2.24) is 5.32 Å². The van der Waals surface area contributed by atoms with Crippen LogP contribution in [0.5, 0.6) is 0 Å². The van der Waals surface area contributed by atoms with Crippen molar-refractivity contribution in [3.05, 3.63) is 34.4 Å². The van der Waals surface area contributed by atoms with Crippen molar-refractivity contribution in [1.29, 1.82) is 5.26 Å². The second-order valence-corrected chi connectivity index (χ2v) is 4.88. The smallest absolute Gasteiger partial charge is 0.186 e. The Morgan fingerprint density at radius 2 is 2.13 bits per heavy atom. The summed E-state index contributed by atoms with van der Waals surface area (Å²) < 4.78 is 39.0. The molecule has 1 fully saturated rings. The molecule has 1 saturated heterocycles. The minimum Gasteiger partial charge on any atom is -0.409 e. The summed E-state index contributed by atoms with van der Waals surface area (Å²) in [4.78, 5) is 0. The van der Waals surface area contributed by atoms with Gasteiger partial charge in [-0.2, -0.15) is 5.26 Å². The molecule has 0 bridgehead atoms. The van der Waals surface area contributed by atoms with E-state index in [4.69, 9.17) is 25.0 Å². The van der Waals surface area contributed by atoms with Crippen LogP contribution in [0.15, 0.2) is 11.2 Å². The first-order valence-corrected chi connectivity index (χ1v) is 6.78. The normalized spacial score (nSPS) is 17.1. The minimum atomic E-state index is -1.18. The highest BCUT2D eigenvalue weighted by molar-refractivity contribution is 5.99. The first kappa shape index (κ1) is 17.1. The van der Waals surface area contributed by atoms with Gasteiger partial charge in [0.1, 0.15) is 11.6 Å². The number of benzene rings is 1. The molecule has 0 amide bonds. The van der Waals surface area contributed by atoms with Gasteiger partial charge in [0, 0.05) is 11.6 Å². The van der Waals surface area contributed by atoms with E-state index in [2.05, 4.69) is 10.5 Å². The Labute approximate surface area is 130 Å². The number of nitrogens with zero attached hydrogens (tertiary/aromatic N) is 2. The topological polar surface area (TPSA) is 107 Å². The van der Waals surface area contributed by atoms with Crippen molar-refractivity contribution in [2.45, 2.75) is 19.3 Å². The molecule has 0 spiro atoms. The number of hydrogen-bond acceptors (Lipinski definition) is 6. The van der Waals surface area contributed by atoms with Gasteiger partial charge in [-0.05, 0) is 13.0 Å². The Bertz CT molecular complexity index is 654. The molecule has 1 aliphatic rings. The number of halogens is 2. The van der Waals surface area contributed by atoms with E-state index >= 15 is 0 Å². The number of rotatable bonds is 4. The highest BCUT2D eigenvalue weighted by atomic mass is 19.1. The zero-order chi connectivity index (χ0) is 17.0. The van der Waals surface area contributed by atoms with Crippen LogP contribution in [-0.2, 0) is 9.47 Å². The van der Waals surface area contributed by atoms with Gasteiger partial charge in [-0.25, -0.2) is 8.78 Å². The Morgan fingerprint density at radius 1 is 1.48 bits per heavy atom. The summed E-state index contributed by atoms with van der Waals surface area (Å²) in [6.07, 6.45) is -1.07. The van der Waals surface area contributed by atoms with E-state index < -0.39 is 29.5 Å². The van der Waals surface area contributed by atoms with E-state index in [1.165, 1.54) is 6.07 Å². The molecular formula is C14H15F2N3O4. The van der Waals surface area contributed by atoms with E-state index in [-0.39, 0.29) is 36.8 Å². The van der Waals surface area contributed by atoms with E-state index in [0.29, 0.717) is 0 Å². The highest BCUT2D eigenvalue weighted by Crippen LogP contribution is 2.30. The van der Waals surface area contributed by atoms with Crippen molar-refractivity contribution in [3.8, 4) is 6.07 Å². The van der Waals surface area contributed by atoms with Gasteiger partial charge in [-0.1, -0.05) is 5.16 Å². The fourth-order valence-corrected chi connectivity index (χ4v) is 2.08. The molecule has 7 nitrogen and oxygen atoms in total. The molecule has 1 aromatic carbocycles. The van der Waals surface area contributed by atoms with Gasteiger partial charge in [-0.3, -0.25) is 0 Å². The molecule has 124 valence electrons. The Hall–Kier alpha value is -2.28. The number of aliphatic hydroxyl groups is 1. The van der Waals surface area contributed by atoms with Crippen LogP contribution in [0.2, 0.25) is 0 Å². The van der Waals surface area contributed by atoms with Crippen molar-refractivity contribution in [3.63, 3.8) is 0 Å². The lowest BCUT2D eigenvalue weighted by atomic mass is 10.0. The van der Waals surface area contributed by atoms with E-state index in [1.54, 1.807) is 6.92 Å². The number of aliphatic hydroxyl groups excluding tert-OH is 1. The first-order valence-electron chi connectivity index (χ1n) is 6.78. The molecule has 1 aliphatic heterocycles. The van der Waals surface area contributed by atoms with Crippen molar-refractivity contribution >= 4 is 5.84 Å². The molecule has 0 saturated carbocycles. The SMILES string of the molecule is C[C@@H](CO)NC(=NO)c1cc(C2OCCO2)c(F)c(C#N)c1F. The average Bonchev–Trinajstić information content (AvgIpc) is 3.07. The molecule has 2 rings (SSSR count). The third kappa shape index (κ3) is 3.39. The van der Waals surface area contributed by atoms with Gasteiger partial charge in [0.2, 0.25) is 0 Å². The molecule has 9 heteroatoms. The second-order valence-electron chi connectivity index (χ2n) is 4.88. The van der Waals surface area contributed by atoms with Gasteiger partial charge in [-0.15, -0.1) is 0 Å². The van der Waals surface area contributed by atoms with Crippen LogP contribution in [0.25, 0.3) is 0 Å².